The molecule has 0 bridgehead atoms. The molecule has 1 aliphatic heterocycles. The van der Waals surface area contributed by atoms with Crippen LogP contribution in [-0.4, -0.2) is 40.8 Å². The van der Waals surface area contributed by atoms with Gasteiger partial charge in [-0.1, -0.05) is 0 Å². The van der Waals surface area contributed by atoms with Gasteiger partial charge in [-0.15, -0.1) is 0 Å². The van der Waals surface area contributed by atoms with Crippen LogP contribution >= 0.6 is 0 Å². The molecule has 20 heavy (non-hydrogen) atoms. The van der Waals surface area contributed by atoms with Crippen molar-refractivity contribution >= 4 is 5.95 Å². The van der Waals surface area contributed by atoms with Gasteiger partial charge in [0.25, 0.3) is 0 Å². The van der Waals surface area contributed by atoms with E-state index in [0.717, 1.165) is 31.1 Å². The van der Waals surface area contributed by atoms with Crippen LogP contribution in [0.1, 0.15) is 40.2 Å². The largest absolute Gasteiger partial charge is 0.372 e. The van der Waals surface area contributed by atoms with E-state index < -0.39 is 0 Å². The Hall–Kier alpha value is -1.20. The Balaban J connectivity index is 1.97. The second-order valence-electron chi connectivity index (χ2n) is 6.66. The van der Waals surface area contributed by atoms with Crippen LogP contribution in [-0.2, 0) is 11.3 Å². The van der Waals surface area contributed by atoms with E-state index in [9.17, 15) is 0 Å². The molecular formula is C15H26N4O. The molecule has 1 N–H and O–H groups in total. The average molecular weight is 278 g/mol. The van der Waals surface area contributed by atoms with Gasteiger partial charge in [0.1, 0.15) is 0 Å². The number of ether oxygens (including phenoxy) is 1. The lowest BCUT2D eigenvalue weighted by Crippen LogP contribution is -2.46. The molecule has 0 saturated carbocycles. The first-order chi connectivity index (χ1) is 9.33. The summed E-state index contributed by atoms with van der Waals surface area (Å²) in [4.78, 5) is 11.2. The maximum Gasteiger partial charge on any atom is 0.225 e. The van der Waals surface area contributed by atoms with Crippen molar-refractivity contribution in [1.29, 1.82) is 0 Å². The minimum absolute atomic E-state index is 0.105. The number of hydrogen-bond donors (Lipinski definition) is 1. The Kier molecular flexibility index (Phi) is 4.60. The van der Waals surface area contributed by atoms with Crippen molar-refractivity contribution in [2.75, 3.05) is 18.0 Å². The van der Waals surface area contributed by atoms with Crippen LogP contribution in [0.5, 0.6) is 0 Å². The summed E-state index contributed by atoms with van der Waals surface area (Å²) in [5.41, 5.74) is 1.21. The highest BCUT2D eigenvalue weighted by Gasteiger charge is 2.23. The molecule has 2 rings (SSSR count). The van der Waals surface area contributed by atoms with Crippen molar-refractivity contribution in [3.63, 3.8) is 0 Å². The summed E-state index contributed by atoms with van der Waals surface area (Å²) in [5, 5.41) is 3.44. The molecule has 1 aromatic heterocycles. The summed E-state index contributed by atoms with van der Waals surface area (Å²) < 4.78 is 5.73. The van der Waals surface area contributed by atoms with E-state index in [0.29, 0.717) is 0 Å². The second kappa shape index (κ2) is 6.06. The first kappa shape index (κ1) is 15.2. The molecule has 1 aliphatic rings. The number of morpholine rings is 1. The average Bonchev–Trinajstić information content (AvgIpc) is 2.35. The minimum Gasteiger partial charge on any atom is -0.372 e. The van der Waals surface area contributed by atoms with Crippen molar-refractivity contribution in [1.82, 2.24) is 15.3 Å². The molecule has 112 valence electrons. The standard InChI is InChI=1S/C15H26N4O/c1-11-9-19(10-12(2)20-11)14-16-6-13(7-17-14)8-18-15(3,4)5/h6-7,11-12,18H,8-10H2,1-5H3. The van der Waals surface area contributed by atoms with Gasteiger partial charge in [-0.25, -0.2) is 9.97 Å². The van der Waals surface area contributed by atoms with E-state index in [2.05, 4.69) is 54.8 Å². The number of aromatic nitrogens is 2. The lowest BCUT2D eigenvalue weighted by molar-refractivity contribution is -0.00572. The fourth-order valence-corrected chi connectivity index (χ4v) is 2.31. The highest BCUT2D eigenvalue weighted by atomic mass is 16.5. The first-order valence-electron chi connectivity index (χ1n) is 7.30. The highest BCUT2D eigenvalue weighted by molar-refractivity contribution is 5.31. The molecule has 0 amide bonds. The van der Waals surface area contributed by atoms with E-state index in [-0.39, 0.29) is 17.7 Å². The fraction of sp³-hybridized carbons (Fsp3) is 0.733. The lowest BCUT2D eigenvalue weighted by atomic mass is 10.1. The number of hydrogen-bond acceptors (Lipinski definition) is 5. The molecule has 1 saturated heterocycles. The van der Waals surface area contributed by atoms with Gasteiger partial charge in [-0.3, -0.25) is 0 Å². The third kappa shape index (κ3) is 4.42. The number of anilines is 1. The zero-order valence-corrected chi connectivity index (χ0v) is 13.2. The van der Waals surface area contributed by atoms with Crippen LogP contribution in [0.4, 0.5) is 5.95 Å². The summed E-state index contributed by atoms with van der Waals surface area (Å²) in [7, 11) is 0. The zero-order valence-electron chi connectivity index (χ0n) is 13.2. The number of nitrogens with zero attached hydrogens (tertiary/aromatic N) is 3. The van der Waals surface area contributed by atoms with E-state index in [4.69, 9.17) is 4.74 Å². The van der Waals surface area contributed by atoms with Crippen LogP contribution in [0, 0.1) is 0 Å². The maximum absolute atomic E-state index is 5.73. The highest BCUT2D eigenvalue weighted by Crippen LogP contribution is 2.16. The zero-order chi connectivity index (χ0) is 14.8. The maximum atomic E-state index is 5.73. The van der Waals surface area contributed by atoms with Gasteiger partial charge in [0.15, 0.2) is 0 Å². The van der Waals surface area contributed by atoms with Crippen molar-refractivity contribution in [2.24, 2.45) is 0 Å². The van der Waals surface area contributed by atoms with E-state index >= 15 is 0 Å². The van der Waals surface area contributed by atoms with Gasteiger partial charge in [-0.05, 0) is 34.6 Å². The van der Waals surface area contributed by atoms with Gasteiger partial charge in [0.2, 0.25) is 5.95 Å². The van der Waals surface area contributed by atoms with Crippen molar-refractivity contribution in [3.05, 3.63) is 18.0 Å². The third-order valence-corrected chi connectivity index (χ3v) is 3.22. The lowest BCUT2D eigenvalue weighted by Gasteiger charge is -2.35. The molecule has 1 fully saturated rings. The Morgan fingerprint density at radius 2 is 1.75 bits per heavy atom. The predicted octanol–water partition coefficient (Wildman–Crippen LogP) is 1.98. The molecule has 2 atom stereocenters. The minimum atomic E-state index is 0.105. The normalized spacial score (nSPS) is 23.9. The van der Waals surface area contributed by atoms with Crippen LogP contribution in [0.25, 0.3) is 0 Å². The van der Waals surface area contributed by atoms with Crippen molar-refractivity contribution in [2.45, 2.75) is 58.9 Å². The van der Waals surface area contributed by atoms with Crippen LogP contribution < -0.4 is 10.2 Å². The topological polar surface area (TPSA) is 50.3 Å². The molecule has 2 heterocycles. The summed E-state index contributed by atoms with van der Waals surface area (Å²) in [5.74, 6) is 0.798. The van der Waals surface area contributed by atoms with Gasteiger partial charge >= 0.3 is 0 Å². The summed E-state index contributed by atoms with van der Waals surface area (Å²) in [6, 6.07) is 0. The van der Waals surface area contributed by atoms with Gasteiger partial charge in [0, 0.05) is 43.1 Å². The van der Waals surface area contributed by atoms with E-state index in [1.807, 2.05) is 12.4 Å². The molecule has 0 aliphatic carbocycles. The van der Waals surface area contributed by atoms with Crippen molar-refractivity contribution < 1.29 is 4.74 Å². The van der Waals surface area contributed by atoms with Gasteiger partial charge < -0.3 is 15.0 Å². The molecular weight excluding hydrogens is 252 g/mol. The third-order valence-electron chi connectivity index (χ3n) is 3.22. The molecule has 0 spiro atoms. The van der Waals surface area contributed by atoms with E-state index in [1.54, 1.807) is 0 Å². The number of nitrogens with one attached hydrogen (secondary N) is 1. The van der Waals surface area contributed by atoms with E-state index in [1.165, 1.54) is 0 Å². The fourth-order valence-electron chi connectivity index (χ4n) is 2.31. The van der Waals surface area contributed by atoms with Crippen LogP contribution in [0.2, 0.25) is 0 Å². The quantitative estimate of drug-likeness (QED) is 0.916. The Morgan fingerprint density at radius 3 is 2.25 bits per heavy atom. The van der Waals surface area contributed by atoms with Crippen molar-refractivity contribution in [3.8, 4) is 0 Å². The SMILES string of the molecule is CC1CN(c2ncc(CNC(C)(C)C)cn2)CC(C)O1. The monoisotopic (exact) mass is 278 g/mol. The molecule has 5 heteroatoms. The number of rotatable bonds is 3. The Morgan fingerprint density at radius 1 is 1.20 bits per heavy atom. The summed E-state index contributed by atoms with van der Waals surface area (Å²) in [6.07, 6.45) is 4.27. The molecule has 0 radical (unpaired) electrons. The summed E-state index contributed by atoms with van der Waals surface area (Å²) in [6.45, 7) is 13.1. The van der Waals surface area contributed by atoms with Gasteiger partial charge in [0.05, 0.1) is 12.2 Å². The van der Waals surface area contributed by atoms with Crippen LogP contribution in [0.15, 0.2) is 12.4 Å². The molecule has 1 aromatic rings. The predicted molar refractivity (Wildman–Crippen MR) is 80.8 cm³/mol. The Labute approximate surface area is 121 Å². The molecule has 0 aromatic carbocycles. The molecule has 2 unspecified atom stereocenters. The molecule has 5 nitrogen and oxygen atoms in total. The smallest absolute Gasteiger partial charge is 0.225 e. The Bertz CT molecular complexity index is 416. The first-order valence-corrected chi connectivity index (χ1v) is 7.30. The second-order valence-corrected chi connectivity index (χ2v) is 6.66. The van der Waals surface area contributed by atoms with Gasteiger partial charge in [-0.2, -0.15) is 0 Å². The van der Waals surface area contributed by atoms with Crippen LogP contribution in [0.3, 0.4) is 0 Å². The summed E-state index contributed by atoms with van der Waals surface area (Å²) >= 11 is 0.